The lowest BCUT2D eigenvalue weighted by Crippen LogP contribution is -2.42. The number of aromatic hydroxyl groups is 1. The molecular formula is C19H31NO. The predicted octanol–water partition coefficient (Wildman–Crippen LogP) is 4.38. The molecule has 118 valence electrons. The van der Waals surface area contributed by atoms with E-state index in [0.29, 0.717) is 17.7 Å². The van der Waals surface area contributed by atoms with Crippen molar-refractivity contribution >= 4 is 0 Å². The molecular weight excluding hydrogens is 258 g/mol. The molecule has 1 aliphatic carbocycles. The van der Waals surface area contributed by atoms with Crippen LogP contribution < -0.4 is 5.32 Å². The van der Waals surface area contributed by atoms with Crippen molar-refractivity contribution < 1.29 is 5.11 Å². The van der Waals surface area contributed by atoms with Gasteiger partial charge in [-0.2, -0.15) is 0 Å². The first-order chi connectivity index (χ1) is 10.1. The fourth-order valence-electron chi connectivity index (χ4n) is 3.72. The average molecular weight is 289 g/mol. The molecule has 2 rings (SSSR count). The maximum absolute atomic E-state index is 9.67. The van der Waals surface area contributed by atoms with Crippen LogP contribution in [0.1, 0.15) is 52.0 Å². The van der Waals surface area contributed by atoms with Crippen molar-refractivity contribution in [3.63, 3.8) is 0 Å². The molecule has 3 atom stereocenters. The van der Waals surface area contributed by atoms with E-state index in [1.165, 1.54) is 31.2 Å². The zero-order valence-electron chi connectivity index (χ0n) is 13.8. The molecule has 1 fully saturated rings. The highest BCUT2D eigenvalue weighted by molar-refractivity contribution is 5.27. The standard InChI is InChI=1S/C19H31NO/c1-4-10-20-19-9-8-16(14(2)3)13-17(19)11-15-6-5-7-18(21)12-15/h5-7,12,14,16-17,19-21H,4,8-11,13H2,1-3H3. The Hall–Kier alpha value is -1.02. The largest absolute Gasteiger partial charge is 0.508 e. The van der Waals surface area contributed by atoms with Crippen molar-refractivity contribution in [1.82, 2.24) is 5.32 Å². The van der Waals surface area contributed by atoms with Crippen LogP contribution in [0.15, 0.2) is 24.3 Å². The maximum atomic E-state index is 9.67. The molecule has 0 saturated heterocycles. The Bertz CT molecular complexity index is 429. The molecule has 2 heteroatoms. The van der Waals surface area contributed by atoms with E-state index in [0.717, 1.165) is 24.8 Å². The maximum Gasteiger partial charge on any atom is 0.115 e. The third-order valence-electron chi connectivity index (χ3n) is 5.03. The first kappa shape index (κ1) is 16.4. The fourth-order valence-corrected chi connectivity index (χ4v) is 3.72. The third kappa shape index (κ3) is 4.74. The molecule has 1 aliphatic rings. The Balaban J connectivity index is 2.05. The topological polar surface area (TPSA) is 32.3 Å². The van der Waals surface area contributed by atoms with Crippen molar-refractivity contribution in [2.75, 3.05) is 6.54 Å². The number of hydrogen-bond acceptors (Lipinski definition) is 2. The molecule has 2 N–H and O–H groups in total. The van der Waals surface area contributed by atoms with Gasteiger partial charge < -0.3 is 10.4 Å². The van der Waals surface area contributed by atoms with Crippen molar-refractivity contribution in [2.24, 2.45) is 17.8 Å². The van der Waals surface area contributed by atoms with E-state index in [9.17, 15) is 5.11 Å². The molecule has 1 saturated carbocycles. The van der Waals surface area contributed by atoms with Gasteiger partial charge in [-0.3, -0.25) is 0 Å². The summed E-state index contributed by atoms with van der Waals surface area (Å²) >= 11 is 0. The van der Waals surface area contributed by atoms with Gasteiger partial charge in [-0.1, -0.05) is 32.9 Å². The number of phenolic OH excluding ortho intramolecular Hbond substituents is 1. The third-order valence-corrected chi connectivity index (χ3v) is 5.03. The lowest BCUT2D eigenvalue weighted by molar-refractivity contribution is 0.167. The highest BCUT2D eigenvalue weighted by Crippen LogP contribution is 2.36. The van der Waals surface area contributed by atoms with E-state index in [4.69, 9.17) is 0 Å². The van der Waals surface area contributed by atoms with E-state index in [-0.39, 0.29) is 0 Å². The summed E-state index contributed by atoms with van der Waals surface area (Å²) in [6.07, 6.45) is 6.25. The second kappa shape index (κ2) is 7.84. The normalized spacial score (nSPS) is 26.2. The van der Waals surface area contributed by atoms with E-state index < -0.39 is 0 Å². The Labute approximate surface area is 130 Å². The Morgan fingerprint density at radius 2 is 2.10 bits per heavy atom. The van der Waals surface area contributed by atoms with Crippen LogP contribution >= 0.6 is 0 Å². The highest BCUT2D eigenvalue weighted by atomic mass is 16.3. The molecule has 3 unspecified atom stereocenters. The monoisotopic (exact) mass is 289 g/mol. The second-order valence-corrected chi connectivity index (χ2v) is 7.01. The summed E-state index contributed by atoms with van der Waals surface area (Å²) in [5, 5.41) is 13.4. The van der Waals surface area contributed by atoms with E-state index in [2.05, 4.69) is 32.2 Å². The van der Waals surface area contributed by atoms with Gasteiger partial charge in [0.05, 0.1) is 0 Å². The van der Waals surface area contributed by atoms with E-state index >= 15 is 0 Å². The molecule has 0 spiro atoms. The average Bonchev–Trinajstić information content (AvgIpc) is 2.46. The van der Waals surface area contributed by atoms with Gasteiger partial charge in [0.2, 0.25) is 0 Å². The van der Waals surface area contributed by atoms with Crippen molar-refractivity contribution in [1.29, 1.82) is 0 Å². The van der Waals surface area contributed by atoms with Gasteiger partial charge in [0, 0.05) is 6.04 Å². The smallest absolute Gasteiger partial charge is 0.115 e. The molecule has 1 aromatic rings. The Morgan fingerprint density at radius 3 is 2.76 bits per heavy atom. The summed E-state index contributed by atoms with van der Waals surface area (Å²) in [6, 6.07) is 8.43. The quantitative estimate of drug-likeness (QED) is 0.815. The summed E-state index contributed by atoms with van der Waals surface area (Å²) in [7, 11) is 0. The van der Waals surface area contributed by atoms with Gasteiger partial charge >= 0.3 is 0 Å². The summed E-state index contributed by atoms with van der Waals surface area (Å²) in [5.41, 5.74) is 1.27. The number of benzene rings is 1. The van der Waals surface area contributed by atoms with Gasteiger partial charge in [-0.15, -0.1) is 0 Å². The van der Waals surface area contributed by atoms with Crippen LogP contribution in [0, 0.1) is 17.8 Å². The van der Waals surface area contributed by atoms with Crippen molar-refractivity contribution in [2.45, 2.75) is 58.9 Å². The molecule has 1 aromatic carbocycles. The van der Waals surface area contributed by atoms with Crippen LogP contribution in [0.3, 0.4) is 0 Å². The SMILES string of the molecule is CCCNC1CCC(C(C)C)CC1Cc1cccc(O)c1. The summed E-state index contributed by atoms with van der Waals surface area (Å²) in [6.45, 7) is 8.07. The van der Waals surface area contributed by atoms with Crippen LogP contribution in [0.25, 0.3) is 0 Å². The molecule has 21 heavy (non-hydrogen) atoms. The van der Waals surface area contributed by atoms with Gasteiger partial charge in [-0.25, -0.2) is 0 Å². The fraction of sp³-hybridized carbons (Fsp3) is 0.684. The first-order valence-corrected chi connectivity index (χ1v) is 8.61. The molecule has 2 nitrogen and oxygen atoms in total. The van der Waals surface area contributed by atoms with Gasteiger partial charge in [0.25, 0.3) is 0 Å². The first-order valence-electron chi connectivity index (χ1n) is 8.61. The molecule has 0 amide bonds. The molecule has 0 radical (unpaired) electrons. The minimum atomic E-state index is 0.391. The minimum Gasteiger partial charge on any atom is -0.508 e. The van der Waals surface area contributed by atoms with Crippen LogP contribution in [0.5, 0.6) is 5.75 Å². The molecule has 0 heterocycles. The predicted molar refractivity (Wildman–Crippen MR) is 89.6 cm³/mol. The number of hydrogen-bond donors (Lipinski definition) is 2. The lowest BCUT2D eigenvalue weighted by atomic mass is 9.71. The van der Waals surface area contributed by atoms with Crippen molar-refractivity contribution in [3.05, 3.63) is 29.8 Å². The second-order valence-electron chi connectivity index (χ2n) is 7.01. The Morgan fingerprint density at radius 1 is 1.29 bits per heavy atom. The number of nitrogens with one attached hydrogen (secondary N) is 1. The van der Waals surface area contributed by atoms with Crippen LogP contribution in [-0.4, -0.2) is 17.7 Å². The molecule has 0 aromatic heterocycles. The van der Waals surface area contributed by atoms with Gasteiger partial charge in [0.15, 0.2) is 0 Å². The number of rotatable bonds is 6. The lowest BCUT2D eigenvalue weighted by Gasteiger charge is -2.38. The summed E-state index contributed by atoms with van der Waals surface area (Å²) in [4.78, 5) is 0. The van der Waals surface area contributed by atoms with Gasteiger partial charge in [0.1, 0.15) is 5.75 Å². The zero-order chi connectivity index (χ0) is 15.2. The number of phenols is 1. The van der Waals surface area contributed by atoms with E-state index in [1.54, 1.807) is 6.07 Å². The van der Waals surface area contributed by atoms with Crippen LogP contribution in [0.2, 0.25) is 0 Å². The molecule has 0 aliphatic heterocycles. The molecule has 0 bridgehead atoms. The van der Waals surface area contributed by atoms with E-state index in [1.807, 2.05) is 12.1 Å². The minimum absolute atomic E-state index is 0.391. The summed E-state index contributed by atoms with van der Waals surface area (Å²) in [5.74, 6) is 2.72. The van der Waals surface area contributed by atoms with Gasteiger partial charge in [-0.05, 0) is 74.1 Å². The zero-order valence-corrected chi connectivity index (χ0v) is 13.8. The van der Waals surface area contributed by atoms with Crippen LogP contribution in [0.4, 0.5) is 0 Å². The highest BCUT2D eigenvalue weighted by Gasteiger charge is 2.31. The Kier molecular flexibility index (Phi) is 6.10. The van der Waals surface area contributed by atoms with Crippen molar-refractivity contribution in [3.8, 4) is 5.75 Å². The summed E-state index contributed by atoms with van der Waals surface area (Å²) < 4.78 is 0. The van der Waals surface area contributed by atoms with Crippen LogP contribution in [-0.2, 0) is 6.42 Å².